The largest absolute Gasteiger partial charge is 0.352 e. The molecule has 0 aliphatic carbocycles. The van der Waals surface area contributed by atoms with Gasteiger partial charge in [0.05, 0.1) is 21.8 Å². The van der Waals surface area contributed by atoms with Crippen LogP contribution in [0.1, 0.15) is 15.9 Å². The minimum Gasteiger partial charge on any atom is -0.352 e. The molecule has 0 unspecified atom stereocenters. The van der Waals surface area contributed by atoms with Crippen LogP contribution in [0, 0.1) is 11.6 Å². The molecule has 0 heterocycles. The Morgan fingerprint density at radius 2 is 1.33 bits per heavy atom. The number of sulfonamides is 1. The highest BCUT2D eigenvalue weighted by molar-refractivity contribution is 7.92. The van der Waals surface area contributed by atoms with Gasteiger partial charge in [0, 0.05) is 6.54 Å². The Kier molecular flexibility index (Phi) is 8.67. The number of para-hydroxylation sites is 1. The van der Waals surface area contributed by atoms with Gasteiger partial charge in [0.2, 0.25) is 5.91 Å². The molecule has 39 heavy (non-hydrogen) atoms. The van der Waals surface area contributed by atoms with Crippen molar-refractivity contribution >= 4 is 33.2 Å². The Labute approximate surface area is 225 Å². The zero-order valence-electron chi connectivity index (χ0n) is 20.7. The maximum absolute atomic E-state index is 13.5. The molecular weight excluding hydrogens is 524 g/mol. The van der Waals surface area contributed by atoms with E-state index in [9.17, 15) is 26.8 Å². The van der Waals surface area contributed by atoms with E-state index < -0.39 is 40.0 Å². The van der Waals surface area contributed by atoms with E-state index >= 15 is 0 Å². The summed E-state index contributed by atoms with van der Waals surface area (Å²) in [7, 11) is -4.33. The Morgan fingerprint density at radius 1 is 0.744 bits per heavy atom. The van der Waals surface area contributed by atoms with Crippen molar-refractivity contribution in [3.05, 3.63) is 126 Å². The van der Waals surface area contributed by atoms with Gasteiger partial charge in [0.25, 0.3) is 15.9 Å². The lowest BCUT2D eigenvalue weighted by Crippen LogP contribution is -2.38. The first-order valence-electron chi connectivity index (χ1n) is 12.0. The van der Waals surface area contributed by atoms with E-state index in [4.69, 9.17) is 0 Å². The minimum atomic E-state index is -4.33. The van der Waals surface area contributed by atoms with Crippen LogP contribution in [0.15, 0.2) is 108 Å². The first-order chi connectivity index (χ1) is 18.7. The van der Waals surface area contributed by atoms with Gasteiger partial charge in [-0.1, -0.05) is 42.5 Å². The van der Waals surface area contributed by atoms with Crippen LogP contribution in [0.4, 0.5) is 20.2 Å². The molecule has 4 aromatic carbocycles. The summed E-state index contributed by atoms with van der Waals surface area (Å²) >= 11 is 0. The first-order valence-corrected chi connectivity index (χ1v) is 13.4. The number of amides is 2. The second kappa shape index (κ2) is 12.3. The second-order valence-corrected chi connectivity index (χ2v) is 10.4. The van der Waals surface area contributed by atoms with Gasteiger partial charge in [-0.25, -0.2) is 17.2 Å². The second-order valence-electron chi connectivity index (χ2n) is 8.53. The van der Waals surface area contributed by atoms with Gasteiger partial charge in [-0.05, 0) is 72.6 Å². The summed E-state index contributed by atoms with van der Waals surface area (Å²) in [6, 6.07) is 24.7. The molecule has 2 N–H and O–H groups in total. The molecule has 4 rings (SSSR count). The van der Waals surface area contributed by atoms with Gasteiger partial charge < -0.3 is 10.6 Å². The van der Waals surface area contributed by atoms with Crippen LogP contribution in [0.2, 0.25) is 0 Å². The molecule has 200 valence electrons. The number of halogens is 2. The molecule has 0 aromatic heterocycles. The van der Waals surface area contributed by atoms with Crippen molar-refractivity contribution in [1.29, 1.82) is 0 Å². The zero-order chi connectivity index (χ0) is 27.8. The number of carbonyl (C=O) groups excluding carboxylic acids is 2. The maximum atomic E-state index is 13.5. The van der Waals surface area contributed by atoms with Crippen LogP contribution in [-0.2, 0) is 21.2 Å². The SMILES string of the molecule is O=C(CN(c1ccc(F)cc1)S(=O)(=O)c1ccc(F)cc1)Nc1ccccc1C(=O)NCCc1ccccc1. The van der Waals surface area contributed by atoms with Gasteiger partial charge in [0.15, 0.2) is 0 Å². The summed E-state index contributed by atoms with van der Waals surface area (Å²) in [6.45, 7) is -0.311. The molecule has 0 saturated carbocycles. The summed E-state index contributed by atoms with van der Waals surface area (Å²) in [5, 5.41) is 5.42. The topological polar surface area (TPSA) is 95.6 Å². The van der Waals surface area contributed by atoms with E-state index in [-0.39, 0.29) is 21.8 Å². The van der Waals surface area contributed by atoms with E-state index in [0.717, 1.165) is 46.3 Å². The highest BCUT2D eigenvalue weighted by Crippen LogP contribution is 2.25. The Bertz CT molecular complexity index is 1550. The highest BCUT2D eigenvalue weighted by Gasteiger charge is 2.28. The number of benzene rings is 4. The molecule has 2 amide bonds. The number of hydrogen-bond acceptors (Lipinski definition) is 4. The lowest BCUT2D eigenvalue weighted by Gasteiger charge is -2.24. The van der Waals surface area contributed by atoms with E-state index in [2.05, 4.69) is 10.6 Å². The number of hydrogen-bond donors (Lipinski definition) is 2. The fourth-order valence-corrected chi connectivity index (χ4v) is 5.25. The number of nitrogens with one attached hydrogen (secondary N) is 2. The Hall–Kier alpha value is -4.57. The standard InChI is InChI=1S/C29H25F2N3O4S/c30-22-10-14-24(15-11-22)34(39(37,38)25-16-12-23(31)13-17-25)20-28(35)33-27-9-5-4-8-26(27)29(36)32-19-18-21-6-2-1-3-7-21/h1-17H,18-20H2,(H,32,36)(H,33,35). The summed E-state index contributed by atoms with van der Waals surface area (Å²) in [4.78, 5) is 25.7. The number of anilines is 2. The number of carbonyl (C=O) groups is 2. The van der Waals surface area contributed by atoms with Crippen LogP contribution >= 0.6 is 0 Å². The molecule has 0 saturated heterocycles. The van der Waals surface area contributed by atoms with Gasteiger partial charge in [-0.15, -0.1) is 0 Å². The van der Waals surface area contributed by atoms with E-state index in [0.29, 0.717) is 13.0 Å². The average molecular weight is 550 g/mol. The molecule has 4 aromatic rings. The van der Waals surface area contributed by atoms with Crippen LogP contribution in [-0.4, -0.2) is 33.3 Å². The summed E-state index contributed by atoms with van der Waals surface area (Å²) in [5.41, 5.74) is 1.48. The van der Waals surface area contributed by atoms with Crippen molar-refractivity contribution in [2.75, 3.05) is 22.7 Å². The Morgan fingerprint density at radius 3 is 2.00 bits per heavy atom. The van der Waals surface area contributed by atoms with Crippen LogP contribution in [0.5, 0.6) is 0 Å². The van der Waals surface area contributed by atoms with E-state index in [1.54, 1.807) is 18.2 Å². The van der Waals surface area contributed by atoms with Gasteiger partial charge in [0.1, 0.15) is 18.2 Å². The van der Waals surface area contributed by atoms with E-state index in [1.165, 1.54) is 18.2 Å². The molecule has 0 atom stereocenters. The van der Waals surface area contributed by atoms with Crippen molar-refractivity contribution < 1.29 is 26.8 Å². The first kappa shape index (κ1) is 27.5. The third kappa shape index (κ3) is 7.05. The molecule has 0 spiro atoms. The quantitative estimate of drug-likeness (QED) is 0.298. The molecular formula is C29H25F2N3O4S. The summed E-state index contributed by atoms with van der Waals surface area (Å²) in [6.07, 6.45) is 0.620. The van der Waals surface area contributed by atoms with Crippen molar-refractivity contribution in [3.8, 4) is 0 Å². The molecule has 0 fully saturated rings. The highest BCUT2D eigenvalue weighted by atomic mass is 32.2. The third-order valence-corrected chi connectivity index (χ3v) is 7.58. The van der Waals surface area contributed by atoms with Crippen molar-refractivity contribution in [2.24, 2.45) is 0 Å². The van der Waals surface area contributed by atoms with Crippen molar-refractivity contribution in [1.82, 2.24) is 5.32 Å². The van der Waals surface area contributed by atoms with Crippen LogP contribution < -0.4 is 14.9 Å². The number of nitrogens with zero attached hydrogens (tertiary/aromatic N) is 1. The Balaban J connectivity index is 1.52. The van der Waals surface area contributed by atoms with E-state index in [1.807, 2.05) is 30.3 Å². The van der Waals surface area contributed by atoms with Crippen molar-refractivity contribution in [3.63, 3.8) is 0 Å². The van der Waals surface area contributed by atoms with Crippen LogP contribution in [0.3, 0.4) is 0 Å². The molecule has 7 nitrogen and oxygen atoms in total. The fraction of sp³-hybridized carbons (Fsp3) is 0.103. The lowest BCUT2D eigenvalue weighted by molar-refractivity contribution is -0.114. The molecule has 0 bridgehead atoms. The summed E-state index contributed by atoms with van der Waals surface area (Å²) in [5.74, 6) is -2.36. The van der Waals surface area contributed by atoms with Crippen LogP contribution in [0.25, 0.3) is 0 Å². The monoisotopic (exact) mass is 549 g/mol. The van der Waals surface area contributed by atoms with Gasteiger partial charge in [-0.3, -0.25) is 13.9 Å². The molecule has 0 aliphatic rings. The average Bonchev–Trinajstić information content (AvgIpc) is 2.93. The zero-order valence-corrected chi connectivity index (χ0v) is 21.5. The predicted octanol–water partition coefficient (Wildman–Crippen LogP) is 4.77. The molecule has 10 heteroatoms. The number of rotatable bonds is 10. The molecule has 0 radical (unpaired) electrons. The van der Waals surface area contributed by atoms with Gasteiger partial charge >= 0.3 is 0 Å². The maximum Gasteiger partial charge on any atom is 0.264 e. The van der Waals surface area contributed by atoms with Crippen molar-refractivity contribution in [2.45, 2.75) is 11.3 Å². The third-order valence-electron chi connectivity index (χ3n) is 5.79. The minimum absolute atomic E-state index is 0.0304. The normalized spacial score (nSPS) is 11.0. The summed E-state index contributed by atoms with van der Waals surface area (Å²) < 4.78 is 54.5. The van der Waals surface area contributed by atoms with Gasteiger partial charge in [-0.2, -0.15) is 0 Å². The predicted molar refractivity (Wildman–Crippen MR) is 145 cm³/mol. The smallest absolute Gasteiger partial charge is 0.264 e. The molecule has 0 aliphatic heterocycles. The fourth-order valence-electron chi connectivity index (χ4n) is 3.83. The lowest BCUT2D eigenvalue weighted by atomic mass is 10.1.